The standard InChI is InChI=1S/C42H39BN2/c1-41-22-11-12-23-42(41,2)45-38-27-31(28-14-5-3-6-15-28)26-37-39(38)43(34-21-13-20-33(41)40(34)45)35-24-29-16-9-10-17-30(29)25-36(35)44(37)32-18-7-4-8-19-32/h3-8,13-15,18-21,24-27H,9-12,16-17,22-23H2,1-2H3/t41-,42?/m0/s1. The van der Waals surface area contributed by atoms with E-state index >= 15 is 0 Å². The Morgan fingerprint density at radius 2 is 1.31 bits per heavy atom. The summed E-state index contributed by atoms with van der Waals surface area (Å²) >= 11 is 0. The number of hydrogen-bond donors (Lipinski definition) is 0. The first-order valence-corrected chi connectivity index (χ1v) is 17.2. The molecule has 0 aromatic heterocycles. The van der Waals surface area contributed by atoms with Gasteiger partial charge in [0.25, 0.3) is 6.71 Å². The van der Waals surface area contributed by atoms with Gasteiger partial charge in [0, 0.05) is 33.9 Å². The van der Waals surface area contributed by atoms with Crippen LogP contribution < -0.4 is 26.2 Å². The normalized spacial score (nSPS) is 23.6. The Morgan fingerprint density at radius 3 is 2.11 bits per heavy atom. The van der Waals surface area contributed by atoms with Crippen LogP contribution in [0.2, 0.25) is 0 Å². The molecule has 3 heterocycles. The van der Waals surface area contributed by atoms with Gasteiger partial charge in [0.05, 0.1) is 5.54 Å². The number of para-hydroxylation sites is 2. The molecule has 2 atom stereocenters. The minimum Gasteiger partial charge on any atom is -0.335 e. The molecule has 0 radical (unpaired) electrons. The Bertz CT molecular complexity index is 2020. The zero-order valence-corrected chi connectivity index (χ0v) is 26.4. The van der Waals surface area contributed by atoms with E-state index < -0.39 is 0 Å². The van der Waals surface area contributed by atoms with E-state index in [0.717, 1.165) is 0 Å². The third-order valence-electron chi connectivity index (χ3n) is 12.5. The smallest absolute Gasteiger partial charge is 0.252 e. The van der Waals surface area contributed by atoms with Crippen LogP contribution in [-0.4, -0.2) is 12.3 Å². The van der Waals surface area contributed by atoms with Gasteiger partial charge in [-0.15, -0.1) is 0 Å². The average molecular weight is 583 g/mol. The van der Waals surface area contributed by atoms with Crippen molar-refractivity contribution in [2.75, 3.05) is 9.80 Å². The topological polar surface area (TPSA) is 6.48 Å². The maximum Gasteiger partial charge on any atom is 0.252 e. The summed E-state index contributed by atoms with van der Waals surface area (Å²) in [7, 11) is 0. The van der Waals surface area contributed by atoms with Gasteiger partial charge in [0.15, 0.2) is 0 Å². The summed E-state index contributed by atoms with van der Waals surface area (Å²) in [5.74, 6) is 0. The molecule has 0 amide bonds. The summed E-state index contributed by atoms with van der Waals surface area (Å²) in [6.07, 6.45) is 10.0. The summed E-state index contributed by atoms with van der Waals surface area (Å²) in [6, 6.07) is 39.8. The van der Waals surface area contributed by atoms with Gasteiger partial charge in [-0.25, -0.2) is 0 Å². The predicted molar refractivity (Wildman–Crippen MR) is 191 cm³/mol. The van der Waals surface area contributed by atoms with Gasteiger partial charge in [-0.05, 0) is 120 Å². The maximum absolute atomic E-state index is 2.85. The molecule has 10 rings (SSSR count). The lowest BCUT2D eigenvalue weighted by molar-refractivity contribution is 0.195. The van der Waals surface area contributed by atoms with Gasteiger partial charge in [0.1, 0.15) is 0 Å². The van der Waals surface area contributed by atoms with Crippen LogP contribution in [0.4, 0.5) is 28.4 Å². The second kappa shape index (κ2) is 9.16. The van der Waals surface area contributed by atoms with Gasteiger partial charge in [-0.1, -0.05) is 92.6 Å². The fourth-order valence-electron chi connectivity index (χ4n) is 10.2. The highest BCUT2D eigenvalue weighted by Crippen LogP contribution is 2.61. The van der Waals surface area contributed by atoms with Gasteiger partial charge in [0.2, 0.25) is 0 Å². The minimum absolute atomic E-state index is 0.0332. The number of fused-ring (bicyclic) bond motifs is 8. The molecule has 5 aliphatic rings. The highest BCUT2D eigenvalue weighted by Gasteiger charge is 2.61. The Morgan fingerprint density at radius 1 is 0.600 bits per heavy atom. The molecule has 0 spiro atoms. The Balaban J connectivity index is 1.35. The molecule has 0 bridgehead atoms. The fraction of sp³-hybridized carbons (Fsp3) is 0.286. The second-order valence-electron chi connectivity index (χ2n) is 14.7. The monoisotopic (exact) mass is 582 g/mol. The number of nitrogens with zero attached hydrogens (tertiary/aromatic N) is 2. The van der Waals surface area contributed by atoms with Gasteiger partial charge in [-0.2, -0.15) is 0 Å². The summed E-state index contributed by atoms with van der Waals surface area (Å²) in [5, 5.41) is 0. The predicted octanol–water partition coefficient (Wildman–Crippen LogP) is 8.59. The van der Waals surface area contributed by atoms with E-state index in [0.29, 0.717) is 0 Å². The van der Waals surface area contributed by atoms with E-state index in [4.69, 9.17) is 0 Å². The average Bonchev–Trinajstić information content (AvgIpc) is 3.30. The van der Waals surface area contributed by atoms with E-state index in [9.17, 15) is 0 Å². The summed E-state index contributed by atoms with van der Waals surface area (Å²) < 4.78 is 0. The van der Waals surface area contributed by atoms with E-state index in [2.05, 4.69) is 127 Å². The largest absolute Gasteiger partial charge is 0.335 e. The number of rotatable bonds is 2. The minimum atomic E-state index is 0.0332. The zero-order chi connectivity index (χ0) is 29.9. The van der Waals surface area contributed by atoms with Crippen LogP contribution in [-0.2, 0) is 18.3 Å². The molecular weight excluding hydrogens is 543 g/mol. The van der Waals surface area contributed by atoms with Crippen LogP contribution in [0.5, 0.6) is 0 Å². The molecule has 3 aliphatic heterocycles. The molecular formula is C42H39BN2. The van der Waals surface area contributed by atoms with Crippen molar-refractivity contribution in [1.29, 1.82) is 0 Å². The van der Waals surface area contributed by atoms with Crippen LogP contribution in [0, 0.1) is 0 Å². The number of aryl methyl sites for hydroxylation is 2. The summed E-state index contributed by atoms with van der Waals surface area (Å²) in [5.41, 5.74) is 18.8. The van der Waals surface area contributed by atoms with Crippen molar-refractivity contribution < 1.29 is 0 Å². The van der Waals surface area contributed by atoms with E-state index in [1.54, 1.807) is 16.7 Å². The SMILES string of the molecule is CC12CCCC[C@@]1(C)c1cccc3c1N2c1cc(-c2ccccc2)cc2c1B3c1cc3c(cc1N2c1ccccc1)CCCC3. The van der Waals surface area contributed by atoms with Crippen molar-refractivity contribution in [1.82, 2.24) is 0 Å². The third-order valence-corrected chi connectivity index (χ3v) is 12.5. The Labute approximate surface area is 267 Å². The number of benzene rings is 5. The summed E-state index contributed by atoms with van der Waals surface area (Å²) in [4.78, 5) is 5.46. The molecule has 2 aliphatic carbocycles. The molecule has 1 unspecified atom stereocenters. The van der Waals surface area contributed by atoms with Crippen LogP contribution in [0.25, 0.3) is 11.1 Å². The van der Waals surface area contributed by atoms with Crippen molar-refractivity contribution in [3.8, 4) is 11.1 Å². The molecule has 2 nitrogen and oxygen atoms in total. The Kier molecular flexibility index (Phi) is 5.30. The Hall–Kier alpha value is -4.24. The molecule has 1 fully saturated rings. The summed E-state index contributed by atoms with van der Waals surface area (Å²) in [6.45, 7) is 5.39. The number of hydrogen-bond acceptors (Lipinski definition) is 2. The molecule has 0 N–H and O–H groups in total. The lowest BCUT2D eigenvalue weighted by atomic mass is 9.33. The van der Waals surface area contributed by atoms with E-state index in [1.807, 2.05) is 0 Å². The molecule has 5 aromatic carbocycles. The molecule has 5 aromatic rings. The quantitative estimate of drug-likeness (QED) is 0.189. The van der Waals surface area contributed by atoms with Crippen LogP contribution in [0.15, 0.2) is 103 Å². The molecule has 1 saturated carbocycles. The third kappa shape index (κ3) is 3.32. The lowest BCUT2D eigenvalue weighted by Crippen LogP contribution is -2.64. The van der Waals surface area contributed by atoms with Crippen molar-refractivity contribution in [3.63, 3.8) is 0 Å². The molecule has 3 heteroatoms. The first-order valence-electron chi connectivity index (χ1n) is 17.2. The van der Waals surface area contributed by atoms with Crippen LogP contribution in [0.3, 0.4) is 0 Å². The van der Waals surface area contributed by atoms with Crippen molar-refractivity contribution in [3.05, 3.63) is 120 Å². The van der Waals surface area contributed by atoms with Gasteiger partial charge >= 0.3 is 0 Å². The lowest BCUT2D eigenvalue weighted by Gasteiger charge is -2.53. The molecule has 45 heavy (non-hydrogen) atoms. The highest BCUT2D eigenvalue weighted by atomic mass is 15.3. The van der Waals surface area contributed by atoms with Gasteiger partial charge < -0.3 is 9.80 Å². The first kappa shape index (κ1) is 26.0. The maximum atomic E-state index is 2.85. The van der Waals surface area contributed by atoms with E-state index in [-0.39, 0.29) is 17.7 Å². The van der Waals surface area contributed by atoms with Gasteiger partial charge in [-0.3, -0.25) is 0 Å². The fourth-order valence-corrected chi connectivity index (χ4v) is 10.2. The molecule has 220 valence electrons. The zero-order valence-electron chi connectivity index (χ0n) is 26.4. The highest BCUT2D eigenvalue weighted by molar-refractivity contribution is 7.00. The van der Waals surface area contributed by atoms with Crippen LogP contribution >= 0.6 is 0 Å². The van der Waals surface area contributed by atoms with Crippen LogP contribution in [0.1, 0.15) is 69.1 Å². The van der Waals surface area contributed by atoms with Crippen molar-refractivity contribution >= 4 is 51.5 Å². The van der Waals surface area contributed by atoms with Crippen molar-refractivity contribution in [2.45, 2.75) is 76.2 Å². The second-order valence-corrected chi connectivity index (χ2v) is 14.7. The molecule has 0 saturated heterocycles. The first-order chi connectivity index (χ1) is 22.1. The number of anilines is 5. The van der Waals surface area contributed by atoms with Crippen molar-refractivity contribution in [2.24, 2.45) is 0 Å². The van der Waals surface area contributed by atoms with E-state index in [1.165, 1.54) is 107 Å².